The summed E-state index contributed by atoms with van der Waals surface area (Å²) in [7, 11) is 0. The van der Waals surface area contributed by atoms with E-state index in [-0.39, 0.29) is 5.91 Å². The molecule has 4 nitrogen and oxygen atoms in total. The molecule has 1 saturated heterocycles. The summed E-state index contributed by atoms with van der Waals surface area (Å²) in [6, 6.07) is 6.37. The second-order valence-corrected chi connectivity index (χ2v) is 7.04. The maximum atomic E-state index is 12.4. The van der Waals surface area contributed by atoms with Crippen molar-refractivity contribution in [1.82, 2.24) is 15.2 Å². The molecule has 4 heteroatoms. The van der Waals surface area contributed by atoms with E-state index in [9.17, 15) is 4.79 Å². The van der Waals surface area contributed by atoms with Crippen molar-refractivity contribution in [2.45, 2.75) is 57.4 Å². The Balaban J connectivity index is 1.51. The molecule has 2 aliphatic rings. The van der Waals surface area contributed by atoms with Gasteiger partial charge >= 0.3 is 0 Å². The van der Waals surface area contributed by atoms with Gasteiger partial charge in [-0.25, -0.2) is 0 Å². The molecule has 1 aliphatic heterocycles. The third-order valence-corrected chi connectivity index (χ3v) is 5.30. The van der Waals surface area contributed by atoms with Crippen LogP contribution in [0.3, 0.4) is 0 Å². The monoisotopic (exact) mass is 315 g/mol. The minimum atomic E-state index is 0.179. The lowest BCUT2D eigenvalue weighted by Crippen LogP contribution is -2.43. The zero-order valence-electron chi connectivity index (χ0n) is 14.0. The van der Waals surface area contributed by atoms with Crippen LogP contribution in [0.15, 0.2) is 24.4 Å². The van der Waals surface area contributed by atoms with Crippen molar-refractivity contribution in [2.24, 2.45) is 5.92 Å². The Bertz CT molecular complexity index is 485. The van der Waals surface area contributed by atoms with Gasteiger partial charge < -0.3 is 5.32 Å². The molecular weight excluding hydrogens is 286 g/mol. The van der Waals surface area contributed by atoms with Crippen molar-refractivity contribution in [3.8, 4) is 0 Å². The van der Waals surface area contributed by atoms with Gasteiger partial charge in [0.2, 0.25) is 5.91 Å². The molecule has 1 aromatic rings. The van der Waals surface area contributed by atoms with E-state index in [0.29, 0.717) is 18.5 Å². The number of hydrogen-bond donors (Lipinski definition) is 1. The fraction of sp³-hybridized carbons (Fsp3) is 0.684. The van der Waals surface area contributed by atoms with Crippen molar-refractivity contribution in [2.75, 3.05) is 19.6 Å². The predicted octanol–water partition coefficient (Wildman–Crippen LogP) is 3.31. The van der Waals surface area contributed by atoms with Crippen LogP contribution in [0, 0.1) is 5.92 Å². The van der Waals surface area contributed by atoms with Crippen molar-refractivity contribution in [3.05, 3.63) is 30.1 Å². The molecule has 1 atom stereocenters. The predicted molar refractivity (Wildman–Crippen MR) is 92.0 cm³/mol. The quantitative estimate of drug-likeness (QED) is 0.907. The van der Waals surface area contributed by atoms with Crippen LogP contribution in [0.4, 0.5) is 0 Å². The first-order chi connectivity index (χ1) is 11.3. The van der Waals surface area contributed by atoms with Gasteiger partial charge in [0.05, 0.1) is 18.3 Å². The van der Waals surface area contributed by atoms with Gasteiger partial charge in [-0.1, -0.05) is 31.7 Å². The smallest absolute Gasteiger partial charge is 0.234 e. The number of nitrogens with zero attached hydrogens (tertiary/aromatic N) is 2. The molecule has 1 saturated carbocycles. The van der Waals surface area contributed by atoms with Gasteiger partial charge in [-0.3, -0.25) is 14.7 Å². The van der Waals surface area contributed by atoms with Crippen LogP contribution in [-0.4, -0.2) is 35.4 Å². The van der Waals surface area contributed by atoms with E-state index in [1.54, 1.807) is 0 Å². The third-order valence-electron chi connectivity index (χ3n) is 5.30. The highest BCUT2D eigenvalue weighted by molar-refractivity contribution is 5.78. The SMILES string of the molecule is O=C(CN1CCCCC1c1ccccn1)NCC1CCCCC1. The van der Waals surface area contributed by atoms with Crippen molar-refractivity contribution < 1.29 is 4.79 Å². The normalized spacial score (nSPS) is 23.6. The van der Waals surface area contributed by atoms with Crippen LogP contribution in [0.1, 0.15) is 63.1 Å². The highest BCUT2D eigenvalue weighted by Gasteiger charge is 2.26. The molecule has 1 unspecified atom stereocenters. The summed E-state index contributed by atoms with van der Waals surface area (Å²) in [5, 5.41) is 3.17. The van der Waals surface area contributed by atoms with Crippen molar-refractivity contribution in [1.29, 1.82) is 0 Å². The van der Waals surface area contributed by atoms with Crippen LogP contribution in [0.5, 0.6) is 0 Å². The Morgan fingerprint density at radius 1 is 1.13 bits per heavy atom. The fourth-order valence-electron chi connectivity index (χ4n) is 3.98. The van der Waals surface area contributed by atoms with Gasteiger partial charge in [-0.05, 0) is 50.3 Å². The first-order valence-corrected chi connectivity index (χ1v) is 9.24. The molecular formula is C19H29N3O. The zero-order chi connectivity index (χ0) is 15.9. The number of likely N-dealkylation sites (tertiary alicyclic amines) is 1. The van der Waals surface area contributed by atoms with Crippen LogP contribution in [-0.2, 0) is 4.79 Å². The summed E-state index contributed by atoms with van der Waals surface area (Å²) in [5.74, 6) is 0.874. The molecule has 23 heavy (non-hydrogen) atoms. The van der Waals surface area contributed by atoms with Crippen LogP contribution < -0.4 is 5.32 Å². The number of hydrogen-bond acceptors (Lipinski definition) is 3. The maximum Gasteiger partial charge on any atom is 0.234 e. The number of pyridine rings is 1. The first-order valence-electron chi connectivity index (χ1n) is 9.24. The van der Waals surface area contributed by atoms with Crippen LogP contribution in [0.25, 0.3) is 0 Å². The van der Waals surface area contributed by atoms with E-state index >= 15 is 0 Å². The summed E-state index contributed by atoms with van der Waals surface area (Å²) >= 11 is 0. The van der Waals surface area contributed by atoms with Crippen molar-refractivity contribution >= 4 is 5.91 Å². The van der Waals surface area contributed by atoms with Crippen molar-refractivity contribution in [3.63, 3.8) is 0 Å². The number of aromatic nitrogens is 1. The first kappa shape index (κ1) is 16.4. The van der Waals surface area contributed by atoms with Gasteiger partial charge in [0.25, 0.3) is 0 Å². The molecule has 0 spiro atoms. The Morgan fingerprint density at radius 2 is 1.96 bits per heavy atom. The minimum Gasteiger partial charge on any atom is -0.355 e. The van der Waals surface area contributed by atoms with E-state index in [1.165, 1.54) is 44.9 Å². The van der Waals surface area contributed by atoms with Gasteiger partial charge in [0.15, 0.2) is 0 Å². The zero-order valence-corrected chi connectivity index (χ0v) is 14.0. The molecule has 3 rings (SSSR count). The van der Waals surface area contributed by atoms with Crippen LogP contribution >= 0.6 is 0 Å². The molecule has 2 fully saturated rings. The number of piperidine rings is 1. The highest BCUT2D eigenvalue weighted by Crippen LogP contribution is 2.29. The average molecular weight is 315 g/mol. The van der Waals surface area contributed by atoms with Gasteiger partial charge in [-0.2, -0.15) is 0 Å². The van der Waals surface area contributed by atoms with E-state index < -0.39 is 0 Å². The van der Waals surface area contributed by atoms with Gasteiger partial charge in [0, 0.05) is 12.7 Å². The molecule has 2 heterocycles. The summed E-state index contributed by atoms with van der Waals surface area (Å²) in [4.78, 5) is 19.2. The van der Waals surface area contributed by atoms with E-state index in [2.05, 4.69) is 21.3 Å². The third kappa shape index (κ3) is 4.77. The van der Waals surface area contributed by atoms with E-state index in [0.717, 1.165) is 25.2 Å². The Labute approximate surface area is 139 Å². The number of nitrogens with one attached hydrogen (secondary N) is 1. The van der Waals surface area contributed by atoms with Crippen LogP contribution in [0.2, 0.25) is 0 Å². The Kier molecular flexibility index (Phi) is 6.03. The lowest BCUT2D eigenvalue weighted by atomic mass is 9.89. The lowest BCUT2D eigenvalue weighted by molar-refractivity contribution is -0.123. The summed E-state index contributed by atoms with van der Waals surface area (Å²) < 4.78 is 0. The van der Waals surface area contributed by atoms with Gasteiger partial charge in [0.1, 0.15) is 0 Å². The molecule has 1 aliphatic carbocycles. The fourth-order valence-corrected chi connectivity index (χ4v) is 3.98. The average Bonchev–Trinajstić information content (AvgIpc) is 2.62. The lowest BCUT2D eigenvalue weighted by Gasteiger charge is -2.35. The molecule has 0 radical (unpaired) electrons. The standard InChI is InChI=1S/C19H29N3O/c23-19(21-14-16-8-2-1-3-9-16)15-22-13-7-5-11-18(22)17-10-4-6-12-20-17/h4,6,10,12,16,18H,1-3,5,7-9,11,13-15H2,(H,21,23). The molecule has 0 aromatic carbocycles. The van der Waals surface area contributed by atoms with E-state index in [4.69, 9.17) is 0 Å². The number of amides is 1. The number of carbonyl (C=O) groups excluding carboxylic acids is 1. The highest BCUT2D eigenvalue weighted by atomic mass is 16.2. The molecule has 1 amide bonds. The number of rotatable bonds is 5. The maximum absolute atomic E-state index is 12.4. The Hall–Kier alpha value is -1.42. The molecule has 126 valence electrons. The summed E-state index contributed by atoms with van der Waals surface area (Å²) in [5.41, 5.74) is 1.10. The van der Waals surface area contributed by atoms with E-state index in [1.807, 2.05) is 18.3 Å². The Morgan fingerprint density at radius 3 is 2.74 bits per heavy atom. The number of carbonyl (C=O) groups is 1. The second kappa shape index (κ2) is 8.44. The molecule has 0 bridgehead atoms. The topological polar surface area (TPSA) is 45.2 Å². The summed E-state index contributed by atoms with van der Waals surface area (Å²) in [6.45, 7) is 2.37. The largest absolute Gasteiger partial charge is 0.355 e. The minimum absolute atomic E-state index is 0.179. The second-order valence-electron chi connectivity index (χ2n) is 7.04. The molecule has 1 N–H and O–H groups in total. The summed E-state index contributed by atoms with van der Waals surface area (Å²) in [6.07, 6.45) is 11.9. The van der Waals surface area contributed by atoms with Gasteiger partial charge in [-0.15, -0.1) is 0 Å². The molecule has 1 aromatic heterocycles.